The normalized spacial score (nSPS) is 14.1. The van der Waals surface area contributed by atoms with Gasteiger partial charge in [0.2, 0.25) is 0 Å². The van der Waals surface area contributed by atoms with Gasteiger partial charge < -0.3 is 0 Å². The third-order valence-corrected chi connectivity index (χ3v) is 7.43. The van der Waals surface area contributed by atoms with Gasteiger partial charge in [-0.25, -0.2) is 4.98 Å². The number of thiophene rings is 1. The summed E-state index contributed by atoms with van der Waals surface area (Å²) < 4.78 is 1.47. The second kappa shape index (κ2) is 7.13. The second-order valence-corrected chi connectivity index (χ2v) is 9.23. The summed E-state index contributed by atoms with van der Waals surface area (Å²) in [5, 5.41) is 10.0. The fourth-order valence-electron chi connectivity index (χ4n) is 4.74. The van der Waals surface area contributed by atoms with E-state index in [0.29, 0.717) is 5.82 Å². The zero-order valence-electron chi connectivity index (χ0n) is 17.3. The van der Waals surface area contributed by atoms with Crippen molar-refractivity contribution < 1.29 is 0 Å². The van der Waals surface area contributed by atoms with Crippen LogP contribution in [-0.4, -0.2) is 15.9 Å². The zero-order chi connectivity index (χ0) is 20.9. The third kappa shape index (κ3) is 2.92. The summed E-state index contributed by atoms with van der Waals surface area (Å²) in [5.41, 5.74) is 2.17. The van der Waals surface area contributed by atoms with E-state index in [1.165, 1.54) is 21.5 Å². The monoisotopic (exact) mass is 423 g/mol. The summed E-state index contributed by atoms with van der Waals surface area (Å²) in [6.45, 7) is 1.86. The Labute approximate surface area is 183 Å². The zero-order valence-corrected chi connectivity index (χ0v) is 18.1. The van der Waals surface area contributed by atoms with Gasteiger partial charge in [0.05, 0.1) is 11.6 Å². The second-order valence-electron chi connectivity index (χ2n) is 8.14. The standard InChI is InChI=1S/C26H21N3OS/c1-16-28-25-24(21-12-6-7-13-23(21)31-25)26(30)29(16)27-15-22-19-10-4-2-8-17(19)14-18-9-3-5-11-20(18)22/h2-5,8-11,14-15H,6-7,12-13H2,1H3/b27-15+. The van der Waals surface area contributed by atoms with E-state index in [1.807, 2.05) is 37.4 Å². The molecule has 0 spiro atoms. The van der Waals surface area contributed by atoms with E-state index >= 15 is 0 Å². The lowest BCUT2D eigenvalue weighted by atomic mass is 9.97. The van der Waals surface area contributed by atoms with Crippen LogP contribution in [-0.2, 0) is 12.8 Å². The van der Waals surface area contributed by atoms with Crippen molar-refractivity contribution in [3.05, 3.63) is 86.8 Å². The lowest BCUT2D eigenvalue weighted by Gasteiger charge is -2.10. The number of nitrogens with zero attached hydrogens (tertiary/aromatic N) is 3. The molecule has 1 aliphatic carbocycles. The van der Waals surface area contributed by atoms with Crippen molar-refractivity contribution in [1.82, 2.24) is 9.66 Å². The van der Waals surface area contributed by atoms with Gasteiger partial charge in [0.15, 0.2) is 0 Å². The number of aryl methyl sites for hydroxylation is 3. The Morgan fingerprint density at radius 2 is 1.68 bits per heavy atom. The van der Waals surface area contributed by atoms with Crippen LogP contribution in [0.3, 0.4) is 0 Å². The molecule has 0 N–H and O–H groups in total. The van der Waals surface area contributed by atoms with Crippen LogP contribution in [0, 0.1) is 6.92 Å². The molecule has 3 aromatic carbocycles. The third-order valence-electron chi connectivity index (χ3n) is 6.24. The SMILES string of the molecule is Cc1nc2sc3c(c2c(=O)n1/N=C/c1c2ccccc2cc2ccccc12)CCCC3. The average molecular weight is 424 g/mol. The van der Waals surface area contributed by atoms with Crippen molar-refractivity contribution in [3.63, 3.8) is 0 Å². The predicted molar refractivity (Wildman–Crippen MR) is 130 cm³/mol. The molecule has 0 aliphatic heterocycles. The Kier molecular flexibility index (Phi) is 4.25. The molecule has 0 saturated heterocycles. The minimum Gasteiger partial charge on any atom is -0.267 e. The minimum absolute atomic E-state index is 0.0531. The fourth-order valence-corrected chi connectivity index (χ4v) is 6.03. The molecule has 0 fully saturated rings. The van der Waals surface area contributed by atoms with Gasteiger partial charge >= 0.3 is 0 Å². The summed E-state index contributed by atoms with van der Waals surface area (Å²) in [5.74, 6) is 0.622. The molecule has 0 bridgehead atoms. The van der Waals surface area contributed by atoms with Crippen molar-refractivity contribution in [2.24, 2.45) is 5.10 Å². The Balaban J connectivity index is 1.58. The Bertz CT molecular complexity index is 1520. The summed E-state index contributed by atoms with van der Waals surface area (Å²) >= 11 is 1.68. The first-order chi connectivity index (χ1) is 15.2. The molecule has 2 aromatic heterocycles. The molecule has 0 atom stereocenters. The number of rotatable bonds is 2. The predicted octanol–water partition coefficient (Wildman–Crippen LogP) is 5.83. The Morgan fingerprint density at radius 1 is 1.00 bits per heavy atom. The van der Waals surface area contributed by atoms with Gasteiger partial charge in [-0.05, 0) is 65.8 Å². The lowest BCUT2D eigenvalue weighted by Crippen LogP contribution is -2.21. The number of hydrogen-bond donors (Lipinski definition) is 0. The lowest BCUT2D eigenvalue weighted by molar-refractivity contribution is 0.698. The topological polar surface area (TPSA) is 47.2 Å². The van der Waals surface area contributed by atoms with Crippen molar-refractivity contribution in [2.75, 3.05) is 0 Å². The van der Waals surface area contributed by atoms with E-state index in [-0.39, 0.29) is 5.56 Å². The molecular formula is C26H21N3OS. The van der Waals surface area contributed by atoms with E-state index in [4.69, 9.17) is 4.98 Å². The number of benzene rings is 3. The summed E-state index contributed by atoms with van der Waals surface area (Å²) in [7, 11) is 0. The van der Waals surface area contributed by atoms with E-state index in [2.05, 4.69) is 35.4 Å². The molecule has 2 heterocycles. The van der Waals surface area contributed by atoms with Gasteiger partial charge in [-0.15, -0.1) is 11.3 Å². The molecule has 1 aliphatic rings. The largest absolute Gasteiger partial charge is 0.283 e. The van der Waals surface area contributed by atoms with Crippen LogP contribution in [0.2, 0.25) is 0 Å². The Hall–Kier alpha value is -3.31. The smallest absolute Gasteiger partial charge is 0.267 e. The Morgan fingerprint density at radius 3 is 2.42 bits per heavy atom. The molecule has 0 saturated carbocycles. The quantitative estimate of drug-likeness (QED) is 0.265. The van der Waals surface area contributed by atoms with Crippen molar-refractivity contribution >= 4 is 49.3 Å². The molecule has 0 radical (unpaired) electrons. The maximum atomic E-state index is 13.4. The highest BCUT2D eigenvalue weighted by Gasteiger charge is 2.21. The van der Waals surface area contributed by atoms with Crippen LogP contribution in [0.15, 0.2) is 64.5 Å². The molecular weight excluding hydrogens is 402 g/mol. The van der Waals surface area contributed by atoms with Gasteiger partial charge in [0.1, 0.15) is 10.7 Å². The first-order valence-corrected chi connectivity index (χ1v) is 11.5. The molecule has 6 rings (SSSR count). The molecule has 5 heteroatoms. The van der Waals surface area contributed by atoms with Crippen molar-refractivity contribution in [3.8, 4) is 0 Å². The highest BCUT2D eigenvalue weighted by atomic mass is 32.1. The van der Waals surface area contributed by atoms with Gasteiger partial charge in [-0.1, -0.05) is 48.5 Å². The summed E-state index contributed by atoms with van der Waals surface area (Å²) in [6, 6.07) is 18.8. The molecule has 4 nitrogen and oxygen atoms in total. The minimum atomic E-state index is -0.0531. The van der Waals surface area contributed by atoms with Crippen molar-refractivity contribution in [1.29, 1.82) is 0 Å². The van der Waals surface area contributed by atoms with E-state index in [0.717, 1.165) is 56.6 Å². The average Bonchev–Trinajstić information content (AvgIpc) is 3.16. The molecule has 152 valence electrons. The van der Waals surface area contributed by atoms with Gasteiger partial charge in [0, 0.05) is 10.4 Å². The molecule has 0 amide bonds. The van der Waals surface area contributed by atoms with Gasteiger partial charge in [-0.3, -0.25) is 4.79 Å². The van der Waals surface area contributed by atoms with Crippen LogP contribution < -0.4 is 5.56 Å². The van der Waals surface area contributed by atoms with Crippen LogP contribution in [0.5, 0.6) is 0 Å². The van der Waals surface area contributed by atoms with Gasteiger partial charge in [-0.2, -0.15) is 9.78 Å². The van der Waals surface area contributed by atoms with Crippen LogP contribution >= 0.6 is 11.3 Å². The van der Waals surface area contributed by atoms with Gasteiger partial charge in [0.25, 0.3) is 5.56 Å². The number of aromatic nitrogens is 2. The summed E-state index contributed by atoms with van der Waals surface area (Å²) in [4.78, 5) is 20.4. The first-order valence-electron chi connectivity index (χ1n) is 10.7. The summed E-state index contributed by atoms with van der Waals surface area (Å²) in [6.07, 6.45) is 6.18. The highest BCUT2D eigenvalue weighted by Crippen LogP contribution is 2.34. The van der Waals surface area contributed by atoms with Crippen LogP contribution in [0.25, 0.3) is 31.8 Å². The van der Waals surface area contributed by atoms with Crippen LogP contribution in [0.4, 0.5) is 0 Å². The van der Waals surface area contributed by atoms with E-state index in [1.54, 1.807) is 11.3 Å². The first kappa shape index (κ1) is 18.5. The van der Waals surface area contributed by atoms with E-state index < -0.39 is 0 Å². The molecule has 31 heavy (non-hydrogen) atoms. The van der Waals surface area contributed by atoms with Crippen LogP contribution in [0.1, 0.15) is 34.7 Å². The number of fused-ring (bicyclic) bond motifs is 5. The maximum absolute atomic E-state index is 13.4. The highest BCUT2D eigenvalue weighted by molar-refractivity contribution is 7.18. The maximum Gasteiger partial charge on any atom is 0.283 e. The van der Waals surface area contributed by atoms with Crippen molar-refractivity contribution in [2.45, 2.75) is 32.6 Å². The molecule has 0 unspecified atom stereocenters. The molecule has 5 aromatic rings. The number of hydrogen-bond acceptors (Lipinski definition) is 4. The van der Waals surface area contributed by atoms with E-state index in [9.17, 15) is 4.79 Å². The fraction of sp³-hybridized carbons (Fsp3) is 0.192.